The standard InChI is InChI=1S/C12H13Cl2FN4O2S/c1-22-12-16-8-6(9(13)17-10(14)7(8)15)11(18-12)19(2-4-20)3-5-21/h20-21H,2-5H2,1H3. The molecule has 0 aliphatic carbocycles. The molecule has 0 unspecified atom stereocenters. The number of nitrogens with zero attached hydrogens (tertiary/aromatic N) is 4. The molecule has 2 rings (SSSR count). The van der Waals surface area contributed by atoms with Gasteiger partial charge in [-0.3, -0.25) is 0 Å². The Hall–Kier alpha value is -0.930. The van der Waals surface area contributed by atoms with E-state index >= 15 is 0 Å². The summed E-state index contributed by atoms with van der Waals surface area (Å²) in [5.41, 5.74) is -0.0415. The zero-order valence-electron chi connectivity index (χ0n) is 11.6. The lowest BCUT2D eigenvalue weighted by atomic mass is 10.2. The van der Waals surface area contributed by atoms with Crippen LogP contribution in [0.1, 0.15) is 0 Å². The summed E-state index contributed by atoms with van der Waals surface area (Å²) in [4.78, 5) is 13.7. The molecule has 2 heterocycles. The van der Waals surface area contributed by atoms with Crippen LogP contribution in [0.25, 0.3) is 10.9 Å². The lowest BCUT2D eigenvalue weighted by Gasteiger charge is -2.23. The van der Waals surface area contributed by atoms with Crippen molar-refractivity contribution in [1.29, 1.82) is 0 Å². The fourth-order valence-electron chi connectivity index (χ4n) is 1.95. The van der Waals surface area contributed by atoms with E-state index in [0.29, 0.717) is 11.0 Å². The zero-order chi connectivity index (χ0) is 16.3. The molecule has 0 atom stereocenters. The maximum absolute atomic E-state index is 14.2. The molecule has 22 heavy (non-hydrogen) atoms. The number of aliphatic hydroxyl groups is 2. The second kappa shape index (κ2) is 7.56. The molecule has 0 aromatic carbocycles. The van der Waals surface area contributed by atoms with E-state index in [1.54, 1.807) is 11.2 Å². The van der Waals surface area contributed by atoms with Gasteiger partial charge in [0.15, 0.2) is 16.1 Å². The van der Waals surface area contributed by atoms with E-state index in [1.165, 1.54) is 11.8 Å². The number of hydrogen-bond donors (Lipinski definition) is 2. The Bertz CT molecular complexity index is 686. The Balaban J connectivity index is 2.78. The van der Waals surface area contributed by atoms with Crippen LogP contribution in [0.2, 0.25) is 10.3 Å². The monoisotopic (exact) mass is 366 g/mol. The van der Waals surface area contributed by atoms with Gasteiger partial charge in [-0.1, -0.05) is 35.0 Å². The molecule has 0 aliphatic rings. The predicted molar refractivity (Wildman–Crippen MR) is 85.5 cm³/mol. The molecule has 2 aromatic rings. The van der Waals surface area contributed by atoms with E-state index in [1.807, 2.05) is 0 Å². The van der Waals surface area contributed by atoms with Crippen LogP contribution in [-0.2, 0) is 0 Å². The average molecular weight is 367 g/mol. The summed E-state index contributed by atoms with van der Waals surface area (Å²) in [6.45, 7) is 0.0601. The van der Waals surface area contributed by atoms with Gasteiger partial charge in [-0.05, 0) is 6.26 Å². The Kier molecular flexibility index (Phi) is 5.99. The number of hydrogen-bond acceptors (Lipinski definition) is 7. The molecule has 0 amide bonds. The molecule has 6 nitrogen and oxygen atoms in total. The van der Waals surface area contributed by atoms with Crippen molar-refractivity contribution in [2.24, 2.45) is 0 Å². The van der Waals surface area contributed by atoms with Gasteiger partial charge in [0, 0.05) is 13.1 Å². The van der Waals surface area contributed by atoms with Gasteiger partial charge < -0.3 is 15.1 Å². The van der Waals surface area contributed by atoms with E-state index in [4.69, 9.17) is 23.2 Å². The van der Waals surface area contributed by atoms with Crippen molar-refractivity contribution >= 4 is 51.7 Å². The number of aromatic nitrogens is 3. The molecular weight excluding hydrogens is 354 g/mol. The van der Waals surface area contributed by atoms with Crippen LogP contribution < -0.4 is 4.90 Å². The first-order valence-electron chi connectivity index (χ1n) is 6.26. The summed E-state index contributed by atoms with van der Waals surface area (Å²) >= 11 is 13.0. The topological polar surface area (TPSA) is 82.4 Å². The Morgan fingerprint density at radius 3 is 2.27 bits per heavy atom. The third-order valence-electron chi connectivity index (χ3n) is 2.88. The van der Waals surface area contributed by atoms with Crippen molar-refractivity contribution in [3.05, 3.63) is 16.1 Å². The second-order valence-electron chi connectivity index (χ2n) is 4.20. The van der Waals surface area contributed by atoms with E-state index in [0.717, 1.165) is 0 Å². The number of fused-ring (bicyclic) bond motifs is 1. The minimum Gasteiger partial charge on any atom is -0.395 e. The predicted octanol–water partition coefficient (Wildman–Crippen LogP) is 1.98. The highest BCUT2D eigenvalue weighted by Crippen LogP contribution is 2.34. The second-order valence-corrected chi connectivity index (χ2v) is 5.69. The number of halogens is 3. The minimum atomic E-state index is -0.784. The van der Waals surface area contributed by atoms with Crippen LogP contribution >= 0.6 is 35.0 Å². The van der Waals surface area contributed by atoms with Gasteiger partial charge in [-0.15, -0.1) is 0 Å². The van der Waals surface area contributed by atoms with Crippen molar-refractivity contribution in [3.8, 4) is 0 Å². The van der Waals surface area contributed by atoms with Crippen LogP contribution in [0, 0.1) is 5.82 Å². The molecule has 0 bridgehead atoms. The van der Waals surface area contributed by atoms with Crippen molar-refractivity contribution < 1.29 is 14.6 Å². The molecule has 0 saturated heterocycles. The molecule has 0 radical (unpaired) electrons. The van der Waals surface area contributed by atoms with Gasteiger partial charge in [0.05, 0.1) is 18.6 Å². The maximum Gasteiger partial charge on any atom is 0.189 e. The van der Waals surface area contributed by atoms with Crippen molar-refractivity contribution in [2.75, 3.05) is 37.5 Å². The van der Waals surface area contributed by atoms with Gasteiger partial charge in [0.2, 0.25) is 0 Å². The number of rotatable bonds is 6. The fraction of sp³-hybridized carbons (Fsp3) is 0.417. The Morgan fingerprint density at radius 2 is 1.73 bits per heavy atom. The third kappa shape index (κ3) is 3.36. The average Bonchev–Trinajstić information content (AvgIpc) is 2.51. The van der Waals surface area contributed by atoms with Gasteiger partial charge >= 0.3 is 0 Å². The lowest BCUT2D eigenvalue weighted by molar-refractivity contribution is 0.280. The molecule has 0 saturated carbocycles. The Morgan fingerprint density at radius 1 is 1.09 bits per heavy atom. The normalized spacial score (nSPS) is 11.2. The largest absolute Gasteiger partial charge is 0.395 e. The van der Waals surface area contributed by atoms with E-state index < -0.39 is 5.82 Å². The molecule has 2 aromatic heterocycles. The van der Waals surface area contributed by atoms with Gasteiger partial charge in [-0.25, -0.2) is 19.3 Å². The van der Waals surface area contributed by atoms with Crippen LogP contribution in [0.3, 0.4) is 0 Å². The van der Waals surface area contributed by atoms with E-state index in [2.05, 4.69) is 15.0 Å². The van der Waals surface area contributed by atoms with Crippen LogP contribution in [0.4, 0.5) is 10.2 Å². The summed E-state index contributed by atoms with van der Waals surface area (Å²) < 4.78 is 14.2. The van der Waals surface area contributed by atoms with Crippen molar-refractivity contribution in [2.45, 2.75) is 5.16 Å². The Labute approximate surface area is 140 Å². The van der Waals surface area contributed by atoms with Crippen molar-refractivity contribution in [1.82, 2.24) is 15.0 Å². The molecule has 0 aliphatic heterocycles. The van der Waals surface area contributed by atoms with Gasteiger partial charge in [0.25, 0.3) is 0 Å². The van der Waals surface area contributed by atoms with Crippen LogP contribution in [0.15, 0.2) is 5.16 Å². The number of aliphatic hydroxyl groups excluding tert-OH is 2. The fourth-order valence-corrected chi connectivity index (χ4v) is 2.79. The SMILES string of the molecule is CSc1nc(N(CCO)CCO)c2c(Cl)nc(Cl)c(F)c2n1. The van der Waals surface area contributed by atoms with Crippen LogP contribution in [0.5, 0.6) is 0 Å². The number of anilines is 1. The van der Waals surface area contributed by atoms with E-state index in [9.17, 15) is 14.6 Å². The van der Waals surface area contributed by atoms with E-state index in [-0.39, 0.29) is 47.5 Å². The highest BCUT2D eigenvalue weighted by atomic mass is 35.5. The van der Waals surface area contributed by atoms with Crippen molar-refractivity contribution in [3.63, 3.8) is 0 Å². The zero-order valence-corrected chi connectivity index (χ0v) is 13.9. The molecule has 0 spiro atoms. The molecule has 0 fully saturated rings. The quantitative estimate of drug-likeness (QED) is 0.459. The molecule has 120 valence electrons. The third-order valence-corrected chi connectivity index (χ3v) is 3.95. The lowest BCUT2D eigenvalue weighted by Crippen LogP contribution is -2.31. The minimum absolute atomic E-state index is 0.0371. The maximum atomic E-state index is 14.2. The van der Waals surface area contributed by atoms with Crippen LogP contribution in [-0.4, -0.2) is 57.7 Å². The highest BCUT2D eigenvalue weighted by Gasteiger charge is 2.22. The number of pyridine rings is 1. The summed E-state index contributed by atoms with van der Waals surface area (Å²) in [7, 11) is 0. The number of thioether (sulfide) groups is 1. The molecule has 10 heteroatoms. The first-order valence-corrected chi connectivity index (χ1v) is 8.24. The summed E-state index contributed by atoms with van der Waals surface area (Å²) in [5.74, 6) is -0.488. The molecular formula is C12H13Cl2FN4O2S. The molecule has 2 N–H and O–H groups in total. The summed E-state index contributed by atoms with van der Waals surface area (Å²) in [6, 6.07) is 0. The van der Waals surface area contributed by atoms with Gasteiger partial charge in [-0.2, -0.15) is 0 Å². The smallest absolute Gasteiger partial charge is 0.189 e. The summed E-state index contributed by atoms with van der Waals surface area (Å²) in [5, 5.41) is 18.5. The van der Waals surface area contributed by atoms with Gasteiger partial charge in [0.1, 0.15) is 16.5 Å². The first kappa shape index (κ1) is 17.4. The first-order chi connectivity index (χ1) is 10.5. The highest BCUT2D eigenvalue weighted by molar-refractivity contribution is 7.98. The summed E-state index contributed by atoms with van der Waals surface area (Å²) in [6.07, 6.45) is 1.75.